The van der Waals surface area contributed by atoms with Crippen molar-refractivity contribution in [2.45, 2.75) is 88.7 Å². The molecule has 1 fully saturated rings. The summed E-state index contributed by atoms with van der Waals surface area (Å²) in [5.41, 5.74) is 5.00. The van der Waals surface area contributed by atoms with Crippen LogP contribution in [0.1, 0.15) is 54.5 Å². The molecule has 0 radical (unpaired) electrons. The number of benzene rings is 4. The van der Waals surface area contributed by atoms with Crippen molar-refractivity contribution in [1.29, 1.82) is 0 Å². The van der Waals surface area contributed by atoms with Gasteiger partial charge in [-0.2, -0.15) is 0 Å². The maximum absolute atomic E-state index is 12.3. The lowest BCUT2D eigenvalue weighted by molar-refractivity contribution is -0.285. The maximum atomic E-state index is 12.3. The van der Waals surface area contributed by atoms with Crippen LogP contribution in [0.5, 0.6) is 0 Å². The van der Waals surface area contributed by atoms with Crippen molar-refractivity contribution in [3.05, 3.63) is 144 Å². The molecule has 1 heterocycles. The Balaban J connectivity index is 1.35. The lowest BCUT2D eigenvalue weighted by atomic mass is 9.83. The van der Waals surface area contributed by atoms with Crippen LogP contribution in [-0.4, -0.2) is 65.0 Å². The first kappa shape index (κ1) is 35.9. The number of aromatic amines is 1. The molecule has 50 heavy (non-hydrogen) atoms. The number of nitrogens with one attached hydrogen (secondary N) is 1. The van der Waals surface area contributed by atoms with E-state index in [1.54, 1.807) is 0 Å². The van der Waals surface area contributed by atoms with Gasteiger partial charge < -0.3 is 38.9 Å². The van der Waals surface area contributed by atoms with E-state index in [9.17, 15) is 10.2 Å². The maximum Gasteiger partial charge on any atom is 0.116 e. The van der Waals surface area contributed by atoms with Gasteiger partial charge in [0.2, 0.25) is 0 Å². The number of hydrogen-bond donors (Lipinski definition) is 3. The third-order valence-corrected chi connectivity index (χ3v) is 9.36. The van der Waals surface area contributed by atoms with E-state index in [0.717, 1.165) is 46.0 Å². The summed E-state index contributed by atoms with van der Waals surface area (Å²) >= 11 is 0. The minimum absolute atomic E-state index is 0.131. The molecular formula is C42H49NO7. The van der Waals surface area contributed by atoms with Crippen LogP contribution in [0, 0.1) is 0 Å². The summed E-state index contributed by atoms with van der Waals surface area (Å²) in [4.78, 5) is 3.35. The molecular weight excluding hydrogens is 630 g/mol. The molecule has 8 nitrogen and oxygen atoms in total. The number of H-pyrrole nitrogens is 1. The van der Waals surface area contributed by atoms with Crippen molar-refractivity contribution in [3.63, 3.8) is 0 Å². The third-order valence-electron chi connectivity index (χ3n) is 9.36. The van der Waals surface area contributed by atoms with Crippen molar-refractivity contribution in [2.75, 3.05) is 13.2 Å². The molecule has 1 aliphatic rings. The van der Waals surface area contributed by atoms with Gasteiger partial charge in [-0.3, -0.25) is 0 Å². The van der Waals surface area contributed by atoms with Crippen molar-refractivity contribution >= 4 is 10.9 Å². The Hall–Kier alpha value is -3.86. The molecule has 7 unspecified atom stereocenters. The van der Waals surface area contributed by atoms with Crippen LogP contribution in [0.25, 0.3) is 10.9 Å². The smallest absolute Gasteiger partial charge is 0.116 e. The van der Waals surface area contributed by atoms with E-state index < -0.39 is 42.7 Å². The molecule has 3 N–H and O–H groups in total. The summed E-state index contributed by atoms with van der Waals surface area (Å²) in [6.07, 6.45) is -0.938. The van der Waals surface area contributed by atoms with Crippen LogP contribution in [0.3, 0.4) is 0 Å². The number of fused-ring (bicyclic) bond motifs is 1. The summed E-state index contributed by atoms with van der Waals surface area (Å²) in [6.45, 7) is 3.43. The van der Waals surface area contributed by atoms with Crippen LogP contribution < -0.4 is 0 Å². The Bertz CT molecular complexity index is 1680. The normalized spacial score (nSPS) is 22.9. The number of hydrogen-bond acceptors (Lipinski definition) is 7. The third kappa shape index (κ3) is 9.27. The minimum Gasteiger partial charge on any atom is -0.396 e. The van der Waals surface area contributed by atoms with Gasteiger partial charge in [-0.1, -0.05) is 109 Å². The number of para-hydroxylation sites is 1. The monoisotopic (exact) mass is 679 g/mol. The fraction of sp³-hybridized carbons (Fsp3) is 0.381. The van der Waals surface area contributed by atoms with Gasteiger partial charge in [0.25, 0.3) is 0 Å². The number of aromatic nitrogens is 1. The van der Waals surface area contributed by atoms with E-state index in [2.05, 4.69) is 11.1 Å². The molecule has 0 spiro atoms. The number of unbranched alkanes of at least 4 members (excludes halogenated alkanes) is 2. The van der Waals surface area contributed by atoms with Crippen LogP contribution in [-0.2, 0) is 43.5 Å². The Morgan fingerprint density at radius 3 is 1.64 bits per heavy atom. The topological polar surface area (TPSA) is 102 Å². The highest BCUT2D eigenvalue weighted by Gasteiger charge is 2.54. The van der Waals surface area contributed by atoms with Gasteiger partial charge in [0.15, 0.2) is 0 Å². The Morgan fingerprint density at radius 1 is 0.580 bits per heavy atom. The van der Waals surface area contributed by atoms with Gasteiger partial charge in [0.05, 0.1) is 25.9 Å². The van der Waals surface area contributed by atoms with Gasteiger partial charge >= 0.3 is 0 Å². The van der Waals surface area contributed by atoms with E-state index in [1.165, 1.54) is 0 Å². The zero-order valence-corrected chi connectivity index (χ0v) is 28.7. The average Bonchev–Trinajstić information content (AvgIpc) is 3.60. The lowest BCUT2D eigenvalue weighted by Gasteiger charge is -2.49. The molecule has 0 bridgehead atoms. The Kier molecular flexibility index (Phi) is 13.2. The van der Waals surface area contributed by atoms with Gasteiger partial charge in [-0.05, 0) is 48.9 Å². The molecule has 4 aromatic carbocycles. The molecule has 0 saturated heterocycles. The lowest BCUT2D eigenvalue weighted by Crippen LogP contribution is -2.67. The molecule has 0 amide bonds. The van der Waals surface area contributed by atoms with E-state index in [-0.39, 0.29) is 6.61 Å². The molecule has 0 aliphatic heterocycles. The summed E-state index contributed by atoms with van der Waals surface area (Å²) < 4.78 is 33.7. The first-order valence-electron chi connectivity index (χ1n) is 17.7. The first-order chi connectivity index (χ1) is 24.6. The van der Waals surface area contributed by atoms with E-state index in [0.29, 0.717) is 32.8 Å². The standard InChI is InChI=1S/C42H49NO7/c1-30(35-26-43-36-23-13-12-22-34(35)36)50-39-37(45)38(46-25-15-5-14-24-44)40(47-27-31-16-6-2-7-17-31)42(49-29-33-20-10-4-11-21-33)41(39)48-28-32-18-8-3-9-19-32/h2-4,6-13,16-23,26,30,37-45H,5,14-15,24-25,27-29H2,1H3. The van der Waals surface area contributed by atoms with Crippen LogP contribution in [0.4, 0.5) is 0 Å². The summed E-state index contributed by atoms with van der Waals surface area (Å²) in [6, 6.07) is 38.1. The van der Waals surface area contributed by atoms with Crippen molar-refractivity contribution in [2.24, 2.45) is 0 Å². The second kappa shape index (κ2) is 18.4. The average molecular weight is 680 g/mol. The second-order valence-electron chi connectivity index (χ2n) is 12.9. The second-order valence-corrected chi connectivity index (χ2v) is 12.9. The zero-order chi connectivity index (χ0) is 34.5. The van der Waals surface area contributed by atoms with Gasteiger partial charge in [0.1, 0.15) is 36.6 Å². The van der Waals surface area contributed by atoms with E-state index in [1.807, 2.05) is 122 Å². The predicted octanol–water partition coefficient (Wildman–Crippen LogP) is 7.29. The van der Waals surface area contributed by atoms with Crippen LogP contribution >= 0.6 is 0 Å². The highest BCUT2D eigenvalue weighted by Crippen LogP contribution is 2.37. The van der Waals surface area contributed by atoms with Crippen LogP contribution in [0.15, 0.2) is 121 Å². The van der Waals surface area contributed by atoms with Crippen molar-refractivity contribution in [1.82, 2.24) is 4.98 Å². The summed E-state index contributed by atoms with van der Waals surface area (Å²) in [7, 11) is 0. The highest BCUT2D eigenvalue weighted by atomic mass is 16.6. The minimum atomic E-state index is -1.10. The number of aliphatic hydroxyl groups is 2. The van der Waals surface area contributed by atoms with Crippen molar-refractivity contribution in [3.8, 4) is 0 Å². The highest BCUT2D eigenvalue weighted by molar-refractivity contribution is 5.83. The molecule has 1 aromatic heterocycles. The quantitative estimate of drug-likeness (QED) is 0.0836. The summed E-state index contributed by atoms with van der Waals surface area (Å²) in [5, 5.41) is 22.7. The first-order valence-corrected chi connectivity index (χ1v) is 17.7. The Morgan fingerprint density at radius 2 is 1.08 bits per heavy atom. The van der Waals surface area contributed by atoms with E-state index >= 15 is 0 Å². The molecule has 7 atom stereocenters. The van der Waals surface area contributed by atoms with Gasteiger partial charge in [0, 0.05) is 35.9 Å². The largest absolute Gasteiger partial charge is 0.396 e. The van der Waals surface area contributed by atoms with E-state index in [4.69, 9.17) is 23.7 Å². The summed E-state index contributed by atoms with van der Waals surface area (Å²) in [5.74, 6) is 0. The van der Waals surface area contributed by atoms with Crippen molar-refractivity contribution < 1.29 is 33.9 Å². The van der Waals surface area contributed by atoms with Gasteiger partial charge in [-0.15, -0.1) is 0 Å². The number of rotatable bonds is 18. The molecule has 6 rings (SSSR count). The SMILES string of the molecule is CC(OC1C(O)C(OCCCCCO)C(OCc2ccccc2)C(OCc2ccccc2)C1OCc1ccccc1)c1c[nH]c2ccccc12. The fourth-order valence-corrected chi connectivity index (χ4v) is 6.71. The molecule has 5 aromatic rings. The molecule has 264 valence electrons. The molecule has 1 aliphatic carbocycles. The molecule has 8 heteroatoms. The number of ether oxygens (including phenoxy) is 5. The van der Waals surface area contributed by atoms with Gasteiger partial charge in [-0.25, -0.2) is 0 Å². The number of aliphatic hydroxyl groups excluding tert-OH is 2. The van der Waals surface area contributed by atoms with Crippen LogP contribution in [0.2, 0.25) is 0 Å². The predicted molar refractivity (Wildman–Crippen MR) is 193 cm³/mol. The Labute approximate surface area is 294 Å². The molecule has 1 saturated carbocycles. The zero-order valence-electron chi connectivity index (χ0n) is 28.7. The fourth-order valence-electron chi connectivity index (χ4n) is 6.71.